The normalized spacial score (nSPS) is 24.3. The standard InChI is InChI=1S/C18H24N4O3/c1-2-17(23)22-10-4-7-14(22)13-6-3-9-21(13)12-16-19-20-18(25-16)15-8-5-11-24-15/h5,8,11,13-14H,2-4,6-7,9-10,12H2,1H3/t13-,14-/m0/s1. The summed E-state index contributed by atoms with van der Waals surface area (Å²) in [6, 6.07) is 4.32. The fraction of sp³-hybridized carbons (Fsp3) is 0.611. The highest BCUT2D eigenvalue weighted by molar-refractivity contribution is 5.76. The maximum absolute atomic E-state index is 12.2. The number of amides is 1. The molecule has 2 aliphatic rings. The minimum Gasteiger partial charge on any atom is -0.459 e. The van der Waals surface area contributed by atoms with Crippen LogP contribution in [0.2, 0.25) is 0 Å². The molecule has 0 unspecified atom stereocenters. The zero-order valence-electron chi connectivity index (χ0n) is 14.6. The van der Waals surface area contributed by atoms with Crippen LogP contribution in [-0.2, 0) is 11.3 Å². The molecule has 2 aliphatic heterocycles. The zero-order valence-corrected chi connectivity index (χ0v) is 14.6. The molecule has 0 radical (unpaired) electrons. The molecule has 4 rings (SSSR count). The van der Waals surface area contributed by atoms with Gasteiger partial charge in [-0.2, -0.15) is 0 Å². The Morgan fingerprint density at radius 3 is 2.88 bits per heavy atom. The van der Waals surface area contributed by atoms with E-state index in [4.69, 9.17) is 8.83 Å². The van der Waals surface area contributed by atoms with E-state index >= 15 is 0 Å². The largest absolute Gasteiger partial charge is 0.459 e. The number of carbonyl (C=O) groups excluding carboxylic acids is 1. The Kier molecular flexibility index (Phi) is 4.57. The van der Waals surface area contributed by atoms with Gasteiger partial charge in [-0.3, -0.25) is 9.69 Å². The Morgan fingerprint density at radius 1 is 1.24 bits per heavy atom. The van der Waals surface area contributed by atoms with E-state index in [-0.39, 0.29) is 5.91 Å². The van der Waals surface area contributed by atoms with Gasteiger partial charge in [0.15, 0.2) is 5.76 Å². The number of carbonyl (C=O) groups is 1. The van der Waals surface area contributed by atoms with E-state index in [0.717, 1.165) is 38.8 Å². The van der Waals surface area contributed by atoms with Crippen LogP contribution < -0.4 is 0 Å². The smallest absolute Gasteiger partial charge is 0.283 e. The predicted molar refractivity (Wildman–Crippen MR) is 90.5 cm³/mol. The minimum atomic E-state index is 0.271. The van der Waals surface area contributed by atoms with Crippen LogP contribution in [0.5, 0.6) is 0 Å². The van der Waals surface area contributed by atoms with Gasteiger partial charge in [-0.1, -0.05) is 6.92 Å². The number of hydrogen-bond donors (Lipinski definition) is 0. The summed E-state index contributed by atoms with van der Waals surface area (Å²) in [5, 5.41) is 8.25. The summed E-state index contributed by atoms with van der Waals surface area (Å²) in [6.45, 7) is 4.47. The summed E-state index contributed by atoms with van der Waals surface area (Å²) in [4.78, 5) is 16.7. The lowest BCUT2D eigenvalue weighted by atomic mass is 10.0. The molecule has 0 bridgehead atoms. The van der Waals surface area contributed by atoms with Gasteiger partial charge in [0.05, 0.1) is 12.8 Å². The minimum absolute atomic E-state index is 0.271. The second-order valence-corrected chi connectivity index (χ2v) is 6.81. The van der Waals surface area contributed by atoms with Gasteiger partial charge in [0.2, 0.25) is 11.8 Å². The van der Waals surface area contributed by atoms with Crippen molar-refractivity contribution in [1.29, 1.82) is 0 Å². The lowest BCUT2D eigenvalue weighted by Gasteiger charge is -2.34. The van der Waals surface area contributed by atoms with Crippen LogP contribution in [0.4, 0.5) is 0 Å². The summed E-state index contributed by atoms with van der Waals surface area (Å²) in [7, 11) is 0. The first-order valence-corrected chi connectivity index (χ1v) is 9.16. The molecule has 2 atom stereocenters. The number of nitrogens with zero attached hydrogens (tertiary/aromatic N) is 4. The van der Waals surface area contributed by atoms with E-state index in [9.17, 15) is 4.79 Å². The molecule has 2 aromatic rings. The van der Waals surface area contributed by atoms with E-state index in [1.54, 1.807) is 12.3 Å². The molecular weight excluding hydrogens is 320 g/mol. The molecule has 134 valence electrons. The van der Waals surface area contributed by atoms with Crippen molar-refractivity contribution in [3.05, 3.63) is 24.3 Å². The number of likely N-dealkylation sites (tertiary alicyclic amines) is 2. The van der Waals surface area contributed by atoms with Crippen LogP contribution in [0.15, 0.2) is 27.2 Å². The van der Waals surface area contributed by atoms with E-state index in [2.05, 4.69) is 20.0 Å². The van der Waals surface area contributed by atoms with Crippen molar-refractivity contribution in [3.8, 4) is 11.7 Å². The van der Waals surface area contributed by atoms with E-state index in [1.165, 1.54) is 0 Å². The quantitative estimate of drug-likeness (QED) is 0.830. The average Bonchev–Trinajstić information content (AvgIpc) is 3.38. The molecule has 0 N–H and O–H groups in total. The first-order valence-electron chi connectivity index (χ1n) is 9.16. The third kappa shape index (κ3) is 3.20. The fourth-order valence-corrected chi connectivity index (χ4v) is 4.18. The van der Waals surface area contributed by atoms with Gasteiger partial charge in [-0.15, -0.1) is 10.2 Å². The van der Waals surface area contributed by atoms with Gasteiger partial charge >= 0.3 is 0 Å². The van der Waals surface area contributed by atoms with Gasteiger partial charge in [-0.25, -0.2) is 0 Å². The Morgan fingerprint density at radius 2 is 2.08 bits per heavy atom. The van der Waals surface area contributed by atoms with Gasteiger partial charge in [-0.05, 0) is 44.4 Å². The van der Waals surface area contributed by atoms with Gasteiger partial charge in [0.1, 0.15) is 0 Å². The van der Waals surface area contributed by atoms with Crippen molar-refractivity contribution in [2.45, 2.75) is 57.7 Å². The lowest BCUT2D eigenvalue weighted by Crippen LogP contribution is -2.47. The fourth-order valence-electron chi connectivity index (χ4n) is 4.18. The summed E-state index contributed by atoms with van der Waals surface area (Å²) in [6.07, 6.45) is 6.64. The first kappa shape index (κ1) is 16.3. The monoisotopic (exact) mass is 344 g/mol. The Hall–Kier alpha value is -2.15. The molecule has 2 aromatic heterocycles. The number of rotatable bonds is 5. The molecule has 0 aliphatic carbocycles. The highest BCUT2D eigenvalue weighted by Gasteiger charge is 2.39. The first-order chi connectivity index (χ1) is 12.3. The summed E-state index contributed by atoms with van der Waals surface area (Å²) in [5.41, 5.74) is 0. The molecule has 1 amide bonds. The van der Waals surface area contributed by atoms with E-state index in [1.807, 2.05) is 13.0 Å². The molecule has 0 spiro atoms. The van der Waals surface area contributed by atoms with Crippen LogP contribution >= 0.6 is 0 Å². The maximum atomic E-state index is 12.2. The number of furan rings is 1. The highest BCUT2D eigenvalue weighted by atomic mass is 16.4. The van der Waals surface area contributed by atoms with Gasteiger partial charge in [0, 0.05) is 25.0 Å². The van der Waals surface area contributed by atoms with Crippen LogP contribution in [0.25, 0.3) is 11.7 Å². The molecule has 7 heteroatoms. The van der Waals surface area contributed by atoms with Crippen LogP contribution in [-0.4, -0.2) is 51.1 Å². The third-order valence-electron chi connectivity index (χ3n) is 5.32. The Bertz CT molecular complexity index is 712. The van der Waals surface area contributed by atoms with Crippen molar-refractivity contribution < 1.29 is 13.6 Å². The Balaban J connectivity index is 1.46. The average molecular weight is 344 g/mol. The summed E-state index contributed by atoms with van der Waals surface area (Å²) < 4.78 is 11.1. The van der Waals surface area contributed by atoms with E-state index in [0.29, 0.717) is 42.6 Å². The van der Waals surface area contributed by atoms with Gasteiger partial charge in [0.25, 0.3) is 5.89 Å². The molecule has 2 saturated heterocycles. The lowest BCUT2D eigenvalue weighted by molar-refractivity contribution is -0.132. The van der Waals surface area contributed by atoms with Crippen LogP contribution in [0.1, 0.15) is 44.9 Å². The second-order valence-electron chi connectivity index (χ2n) is 6.81. The highest BCUT2D eigenvalue weighted by Crippen LogP contribution is 2.31. The van der Waals surface area contributed by atoms with Crippen LogP contribution in [0, 0.1) is 0 Å². The molecule has 4 heterocycles. The van der Waals surface area contributed by atoms with Crippen molar-refractivity contribution in [3.63, 3.8) is 0 Å². The van der Waals surface area contributed by atoms with Crippen molar-refractivity contribution in [2.75, 3.05) is 13.1 Å². The van der Waals surface area contributed by atoms with Crippen molar-refractivity contribution in [2.24, 2.45) is 0 Å². The number of aromatic nitrogens is 2. The molecule has 0 saturated carbocycles. The Labute approximate surface area is 147 Å². The van der Waals surface area contributed by atoms with E-state index < -0.39 is 0 Å². The SMILES string of the molecule is CCC(=O)N1CCC[C@H]1[C@@H]1CCCN1Cc1nnc(-c2ccco2)o1. The molecule has 2 fully saturated rings. The summed E-state index contributed by atoms with van der Waals surface area (Å²) >= 11 is 0. The molecule has 25 heavy (non-hydrogen) atoms. The second kappa shape index (κ2) is 7.00. The topological polar surface area (TPSA) is 75.6 Å². The van der Waals surface area contributed by atoms with Crippen LogP contribution in [0.3, 0.4) is 0 Å². The van der Waals surface area contributed by atoms with Gasteiger partial charge < -0.3 is 13.7 Å². The number of hydrogen-bond acceptors (Lipinski definition) is 6. The third-order valence-corrected chi connectivity index (χ3v) is 5.32. The molecular formula is C18H24N4O3. The molecule has 7 nitrogen and oxygen atoms in total. The maximum Gasteiger partial charge on any atom is 0.283 e. The summed E-state index contributed by atoms with van der Waals surface area (Å²) in [5.74, 6) is 1.88. The predicted octanol–water partition coefficient (Wildman–Crippen LogP) is 2.70. The van der Waals surface area contributed by atoms with Crippen molar-refractivity contribution >= 4 is 5.91 Å². The van der Waals surface area contributed by atoms with Crippen molar-refractivity contribution in [1.82, 2.24) is 20.0 Å². The zero-order chi connectivity index (χ0) is 17.2. The molecule has 0 aromatic carbocycles.